The number of nitrogens with zero attached hydrogens (tertiary/aromatic N) is 6. The third-order valence-electron chi connectivity index (χ3n) is 6.21. The molecule has 0 saturated carbocycles. The van der Waals surface area contributed by atoms with Gasteiger partial charge in [-0.2, -0.15) is 0 Å². The highest BCUT2D eigenvalue weighted by Crippen LogP contribution is 2.25. The number of aromatic nitrogens is 4. The van der Waals surface area contributed by atoms with Crippen molar-refractivity contribution in [1.29, 1.82) is 0 Å². The zero-order chi connectivity index (χ0) is 21.8. The number of piperidine rings is 1. The van der Waals surface area contributed by atoms with Gasteiger partial charge in [0.2, 0.25) is 0 Å². The third-order valence-corrected chi connectivity index (χ3v) is 6.21. The van der Waals surface area contributed by atoms with Crippen LogP contribution in [0.3, 0.4) is 0 Å². The molecule has 0 aliphatic carbocycles. The quantitative estimate of drug-likeness (QED) is 0.430. The van der Waals surface area contributed by atoms with E-state index in [9.17, 15) is 4.79 Å². The van der Waals surface area contributed by atoms with Gasteiger partial charge in [0.25, 0.3) is 5.56 Å². The third kappa shape index (κ3) is 5.05. The Bertz CT molecular complexity index is 1190. The standard InChI is InChI=1S/C25H26N6O.ClH/c32-25-23-8-4-5-9-24(23)28-19-31(25)21-10-12-29(13-11-21)14-15-30(20-6-2-1-3-7-20)22-16-26-18-27-17-22;/h1-9,16-19,21H,10-15H2;1H. The lowest BCUT2D eigenvalue weighted by molar-refractivity contribution is 0.188. The molecule has 0 unspecified atom stereocenters. The van der Waals surface area contributed by atoms with Crippen LogP contribution in [0.4, 0.5) is 11.4 Å². The number of anilines is 2. The molecule has 4 aromatic rings. The van der Waals surface area contributed by atoms with E-state index in [4.69, 9.17) is 0 Å². The first kappa shape index (κ1) is 22.9. The van der Waals surface area contributed by atoms with Gasteiger partial charge in [0.15, 0.2) is 0 Å². The Kier molecular flexibility index (Phi) is 7.32. The first-order valence-electron chi connectivity index (χ1n) is 11.1. The summed E-state index contributed by atoms with van der Waals surface area (Å²) in [6.07, 6.45) is 8.87. The molecule has 0 atom stereocenters. The van der Waals surface area contributed by atoms with Crippen molar-refractivity contribution in [2.24, 2.45) is 0 Å². The molecule has 1 saturated heterocycles. The van der Waals surface area contributed by atoms with Crippen LogP contribution in [-0.2, 0) is 0 Å². The van der Waals surface area contributed by atoms with E-state index in [0.29, 0.717) is 5.39 Å². The average molecular weight is 463 g/mol. The van der Waals surface area contributed by atoms with Crippen LogP contribution in [0.25, 0.3) is 10.9 Å². The van der Waals surface area contributed by atoms with Crippen LogP contribution in [0, 0.1) is 0 Å². The molecule has 0 bridgehead atoms. The maximum absolute atomic E-state index is 12.9. The Labute approximate surface area is 199 Å². The fourth-order valence-corrected chi connectivity index (χ4v) is 4.45. The van der Waals surface area contributed by atoms with Gasteiger partial charge in [-0.15, -0.1) is 12.4 Å². The van der Waals surface area contributed by atoms with Gasteiger partial charge in [0.05, 0.1) is 35.3 Å². The molecule has 8 heteroatoms. The fraction of sp³-hybridized carbons (Fsp3) is 0.280. The van der Waals surface area contributed by atoms with E-state index in [2.05, 4.69) is 36.9 Å². The van der Waals surface area contributed by atoms with E-state index in [1.165, 1.54) is 0 Å². The second-order valence-electron chi connectivity index (χ2n) is 8.13. The maximum atomic E-state index is 12.9. The zero-order valence-electron chi connectivity index (χ0n) is 18.3. The van der Waals surface area contributed by atoms with Gasteiger partial charge in [0.1, 0.15) is 6.33 Å². The highest BCUT2D eigenvalue weighted by Gasteiger charge is 2.22. The van der Waals surface area contributed by atoms with Crippen molar-refractivity contribution in [2.75, 3.05) is 31.1 Å². The van der Waals surface area contributed by atoms with Crippen LogP contribution in [0.2, 0.25) is 0 Å². The minimum atomic E-state index is 0. The van der Waals surface area contributed by atoms with E-state index in [-0.39, 0.29) is 24.0 Å². The molecule has 1 aliphatic heterocycles. The monoisotopic (exact) mass is 462 g/mol. The summed E-state index contributed by atoms with van der Waals surface area (Å²) in [7, 11) is 0. The molecule has 7 nitrogen and oxygen atoms in total. The fourth-order valence-electron chi connectivity index (χ4n) is 4.45. The predicted octanol–water partition coefficient (Wildman–Crippen LogP) is 4.08. The Hall–Kier alpha value is -3.29. The van der Waals surface area contributed by atoms with Gasteiger partial charge in [-0.25, -0.2) is 15.0 Å². The van der Waals surface area contributed by atoms with E-state index in [1.54, 1.807) is 12.7 Å². The normalized spacial score (nSPS) is 14.7. The molecule has 170 valence electrons. The molecule has 0 amide bonds. The molecule has 1 fully saturated rings. The first-order chi connectivity index (χ1) is 15.8. The summed E-state index contributed by atoms with van der Waals surface area (Å²) in [5.41, 5.74) is 2.94. The number of fused-ring (bicyclic) bond motifs is 1. The van der Waals surface area contributed by atoms with Gasteiger partial charge in [-0.1, -0.05) is 30.3 Å². The highest BCUT2D eigenvalue weighted by atomic mass is 35.5. The highest BCUT2D eigenvalue weighted by molar-refractivity contribution is 5.85. The summed E-state index contributed by atoms with van der Waals surface area (Å²) in [6, 6.07) is 18.1. The molecule has 2 aromatic heterocycles. The van der Waals surface area contributed by atoms with E-state index >= 15 is 0 Å². The second kappa shape index (κ2) is 10.6. The topological polar surface area (TPSA) is 67.2 Å². The summed E-state index contributed by atoms with van der Waals surface area (Å²) in [5.74, 6) is 0. The van der Waals surface area contributed by atoms with Gasteiger partial charge < -0.3 is 9.80 Å². The summed E-state index contributed by atoms with van der Waals surface area (Å²) < 4.78 is 1.83. The van der Waals surface area contributed by atoms with Crippen molar-refractivity contribution < 1.29 is 0 Å². The summed E-state index contributed by atoms with van der Waals surface area (Å²) in [4.78, 5) is 30.5. The number of benzene rings is 2. The average Bonchev–Trinajstić information content (AvgIpc) is 2.86. The van der Waals surface area contributed by atoms with Gasteiger partial charge >= 0.3 is 0 Å². The van der Waals surface area contributed by atoms with Crippen molar-refractivity contribution in [3.63, 3.8) is 0 Å². The summed E-state index contributed by atoms with van der Waals surface area (Å²) in [6.45, 7) is 3.69. The molecule has 33 heavy (non-hydrogen) atoms. The largest absolute Gasteiger partial charge is 0.338 e. The lowest BCUT2D eigenvalue weighted by Crippen LogP contribution is -2.40. The van der Waals surface area contributed by atoms with Crippen molar-refractivity contribution in [2.45, 2.75) is 18.9 Å². The van der Waals surface area contributed by atoms with Gasteiger partial charge in [-0.3, -0.25) is 9.36 Å². The number of rotatable bonds is 6. The van der Waals surface area contributed by atoms with Crippen molar-refractivity contribution in [3.05, 3.63) is 90.0 Å². The minimum absolute atomic E-state index is 0. The van der Waals surface area contributed by atoms with Crippen molar-refractivity contribution >= 4 is 34.7 Å². The molecule has 5 rings (SSSR count). The van der Waals surface area contributed by atoms with Crippen molar-refractivity contribution in [1.82, 2.24) is 24.4 Å². The number of para-hydroxylation sites is 2. The number of halogens is 1. The van der Waals surface area contributed by atoms with Gasteiger partial charge in [0, 0.05) is 37.9 Å². The van der Waals surface area contributed by atoms with Crippen LogP contribution in [0.5, 0.6) is 0 Å². The summed E-state index contributed by atoms with van der Waals surface area (Å²) in [5, 5.41) is 0.695. The van der Waals surface area contributed by atoms with Gasteiger partial charge in [-0.05, 0) is 37.1 Å². The molecule has 0 N–H and O–H groups in total. The summed E-state index contributed by atoms with van der Waals surface area (Å²) >= 11 is 0. The Morgan fingerprint density at radius 1 is 0.909 bits per heavy atom. The minimum Gasteiger partial charge on any atom is -0.338 e. The van der Waals surface area contributed by atoms with E-state index in [1.807, 2.05) is 59.4 Å². The first-order valence-corrected chi connectivity index (χ1v) is 11.1. The number of hydrogen-bond acceptors (Lipinski definition) is 6. The van der Waals surface area contributed by atoms with Crippen LogP contribution in [0.1, 0.15) is 18.9 Å². The van der Waals surface area contributed by atoms with Crippen LogP contribution < -0.4 is 10.5 Å². The molecule has 0 spiro atoms. The molecule has 3 heterocycles. The SMILES string of the molecule is Cl.O=c1c2ccccc2ncn1C1CCN(CCN(c2ccccc2)c2cncnc2)CC1. The lowest BCUT2D eigenvalue weighted by Gasteiger charge is -2.34. The molecule has 1 aliphatic rings. The van der Waals surface area contributed by atoms with Crippen LogP contribution in [-0.4, -0.2) is 50.6 Å². The molecule has 0 radical (unpaired) electrons. The van der Waals surface area contributed by atoms with E-state index in [0.717, 1.165) is 55.9 Å². The van der Waals surface area contributed by atoms with Crippen LogP contribution >= 0.6 is 12.4 Å². The molecular formula is C25H27ClN6O. The number of hydrogen-bond donors (Lipinski definition) is 0. The molecule has 2 aromatic carbocycles. The maximum Gasteiger partial charge on any atom is 0.261 e. The van der Waals surface area contributed by atoms with Crippen molar-refractivity contribution in [3.8, 4) is 0 Å². The number of likely N-dealkylation sites (tertiary alicyclic amines) is 1. The Morgan fingerprint density at radius 2 is 1.61 bits per heavy atom. The molecular weight excluding hydrogens is 436 g/mol. The second-order valence-corrected chi connectivity index (χ2v) is 8.13. The lowest BCUT2D eigenvalue weighted by atomic mass is 10.0. The Morgan fingerprint density at radius 3 is 2.36 bits per heavy atom. The zero-order valence-corrected chi connectivity index (χ0v) is 19.1. The predicted molar refractivity (Wildman–Crippen MR) is 133 cm³/mol. The smallest absolute Gasteiger partial charge is 0.261 e. The van der Waals surface area contributed by atoms with E-state index < -0.39 is 0 Å². The van der Waals surface area contributed by atoms with Crippen LogP contribution in [0.15, 0.2) is 84.4 Å². The Balaban J connectivity index is 0.00000259.